The van der Waals surface area contributed by atoms with Crippen LogP contribution in [0, 0.1) is 18.3 Å². The molecule has 1 aliphatic rings. The molecular weight excluding hydrogens is 230 g/mol. The van der Waals surface area contributed by atoms with Crippen molar-refractivity contribution in [1.29, 1.82) is 0 Å². The number of nitrogens with zero attached hydrogens (tertiary/aromatic N) is 1. The topological polar surface area (TPSA) is 38.8 Å². The lowest BCUT2D eigenvalue weighted by Crippen LogP contribution is -2.24. The lowest BCUT2D eigenvalue weighted by molar-refractivity contribution is -0.117. The Bertz CT molecular complexity index is 504. The van der Waals surface area contributed by atoms with Gasteiger partial charge < -0.3 is 14.4 Å². The molecule has 4 heteroatoms. The van der Waals surface area contributed by atoms with Gasteiger partial charge in [0.1, 0.15) is 11.5 Å². The third-order valence-corrected chi connectivity index (χ3v) is 3.04. The van der Waals surface area contributed by atoms with E-state index in [2.05, 4.69) is 5.92 Å². The van der Waals surface area contributed by atoms with E-state index < -0.39 is 0 Å². The number of rotatable bonds is 3. The molecule has 4 nitrogen and oxygen atoms in total. The van der Waals surface area contributed by atoms with Gasteiger partial charge in [-0.3, -0.25) is 4.79 Å². The van der Waals surface area contributed by atoms with E-state index in [1.165, 1.54) is 0 Å². The monoisotopic (exact) mass is 245 g/mol. The molecule has 1 unspecified atom stereocenters. The molecule has 0 N–H and O–H groups in total. The summed E-state index contributed by atoms with van der Waals surface area (Å²) in [6.07, 6.45) is 5.76. The van der Waals surface area contributed by atoms with Crippen molar-refractivity contribution in [2.24, 2.45) is 5.92 Å². The number of terminal acetylenes is 1. The maximum absolute atomic E-state index is 11.9. The van der Waals surface area contributed by atoms with Crippen LogP contribution in [0.15, 0.2) is 18.2 Å². The Hall–Kier alpha value is -2.15. The molecule has 0 saturated carbocycles. The Morgan fingerprint density at radius 2 is 2.17 bits per heavy atom. The fraction of sp³-hybridized carbons (Fsp3) is 0.357. The van der Waals surface area contributed by atoms with Gasteiger partial charge in [-0.25, -0.2) is 0 Å². The van der Waals surface area contributed by atoms with Crippen molar-refractivity contribution in [2.45, 2.75) is 6.42 Å². The summed E-state index contributed by atoms with van der Waals surface area (Å²) in [6.45, 7) is 0.527. The Balaban J connectivity index is 2.38. The number of amides is 1. The second-order valence-electron chi connectivity index (χ2n) is 4.11. The van der Waals surface area contributed by atoms with E-state index >= 15 is 0 Å². The van der Waals surface area contributed by atoms with Crippen molar-refractivity contribution < 1.29 is 14.3 Å². The SMILES string of the molecule is C#CC1CC(=O)N(c2cc(OC)ccc2OC)C1. The van der Waals surface area contributed by atoms with Gasteiger partial charge in [0.05, 0.1) is 19.9 Å². The van der Waals surface area contributed by atoms with Crippen molar-refractivity contribution in [1.82, 2.24) is 0 Å². The highest BCUT2D eigenvalue weighted by atomic mass is 16.5. The molecule has 1 aromatic rings. The van der Waals surface area contributed by atoms with Gasteiger partial charge in [0.15, 0.2) is 0 Å². The number of carbonyl (C=O) groups is 1. The van der Waals surface area contributed by atoms with Crippen molar-refractivity contribution >= 4 is 11.6 Å². The summed E-state index contributed by atoms with van der Waals surface area (Å²) in [5.41, 5.74) is 0.708. The van der Waals surface area contributed by atoms with Gasteiger partial charge in [-0.2, -0.15) is 0 Å². The average Bonchev–Trinajstić information content (AvgIpc) is 2.79. The molecule has 1 aromatic carbocycles. The van der Waals surface area contributed by atoms with Crippen LogP contribution in [0.5, 0.6) is 11.5 Å². The third-order valence-electron chi connectivity index (χ3n) is 3.04. The highest BCUT2D eigenvalue weighted by Crippen LogP contribution is 2.35. The Kier molecular flexibility index (Phi) is 3.42. The number of hydrogen-bond donors (Lipinski definition) is 0. The quantitative estimate of drug-likeness (QED) is 0.761. The molecule has 0 spiro atoms. The summed E-state index contributed by atoms with van der Waals surface area (Å²) >= 11 is 0. The van der Waals surface area contributed by atoms with E-state index in [4.69, 9.17) is 15.9 Å². The lowest BCUT2D eigenvalue weighted by Gasteiger charge is -2.19. The molecule has 1 aliphatic heterocycles. The van der Waals surface area contributed by atoms with Crippen LogP contribution >= 0.6 is 0 Å². The zero-order valence-corrected chi connectivity index (χ0v) is 10.5. The van der Waals surface area contributed by atoms with Crippen molar-refractivity contribution in [3.63, 3.8) is 0 Å². The number of benzene rings is 1. The smallest absolute Gasteiger partial charge is 0.228 e. The van der Waals surface area contributed by atoms with E-state index in [1.807, 2.05) is 0 Å². The number of anilines is 1. The lowest BCUT2D eigenvalue weighted by atomic mass is 10.1. The van der Waals surface area contributed by atoms with E-state index in [1.54, 1.807) is 37.3 Å². The fourth-order valence-electron chi connectivity index (χ4n) is 2.06. The highest BCUT2D eigenvalue weighted by molar-refractivity contribution is 5.97. The molecule has 1 amide bonds. The first-order chi connectivity index (χ1) is 8.69. The van der Waals surface area contributed by atoms with E-state index in [-0.39, 0.29) is 11.8 Å². The van der Waals surface area contributed by atoms with E-state index in [0.29, 0.717) is 30.2 Å². The highest BCUT2D eigenvalue weighted by Gasteiger charge is 2.31. The molecule has 0 bridgehead atoms. The Labute approximate surface area is 106 Å². The summed E-state index contributed by atoms with van der Waals surface area (Å²) in [6, 6.07) is 5.36. The fourth-order valence-corrected chi connectivity index (χ4v) is 2.06. The first kappa shape index (κ1) is 12.3. The zero-order valence-electron chi connectivity index (χ0n) is 10.5. The number of methoxy groups -OCH3 is 2. The van der Waals surface area contributed by atoms with Gasteiger partial charge in [-0.1, -0.05) is 0 Å². The minimum absolute atomic E-state index is 0.0181. The van der Waals surface area contributed by atoms with Crippen LogP contribution in [-0.2, 0) is 4.79 Å². The molecule has 0 radical (unpaired) electrons. The standard InChI is InChI=1S/C14H15NO3/c1-4-10-7-14(16)15(9-10)12-8-11(17-2)5-6-13(12)18-3/h1,5-6,8,10H,7,9H2,2-3H3. The molecule has 1 fully saturated rings. The summed E-state index contributed by atoms with van der Waals surface area (Å²) in [4.78, 5) is 13.6. The predicted molar refractivity (Wildman–Crippen MR) is 68.8 cm³/mol. The van der Waals surface area contributed by atoms with E-state index in [9.17, 15) is 4.79 Å². The third kappa shape index (κ3) is 2.12. The summed E-state index contributed by atoms with van der Waals surface area (Å²) in [5.74, 6) is 3.93. The predicted octanol–water partition coefficient (Wildman–Crippen LogP) is 1.69. The van der Waals surface area contributed by atoms with Gasteiger partial charge in [-0.15, -0.1) is 12.3 Å². The summed E-state index contributed by atoms with van der Waals surface area (Å²) < 4.78 is 10.4. The molecule has 1 atom stereocenters. The zero-order chi connectivity index (χ0) is 13.1. The molecule has 0 aliphatic carbocycles. The number of hydrogen-bond acceptors (Lipinski definition) is 3. The average molecular weight is 245 g/mol. The Morgan fingerprint density at radius 3 is 2.72 bits per heavy atom. The maximum atomic E-state index is 11.9. The van der Waals surface area contributed by atoms with Crippen LogP contribution in [0.25, 0.3) is 0 Å². The van der Waals surface area contributed by atoms with Gasteiger partial charge in [0.2, 0.25) is 5.91 Å². The summed E-state index contributed by atoms with van der Waals surface area (Å²) in [7, 11) is 3.16. The van der Waals surface area contributed by atoms with Gasteiger partial charge in [0.25, 0.3) is 0 Å². The van der Waals surface area contributed by atoms with Crippen molar-refractivity contribution in [3.05, 3.63) is 18.2 Å². The van der Waals surface area contributed by atoms with Crippen molar-refractivity contribution in [3.8, 4) is 23.8 Å². The first-order valence-electron chi connectivity index (χ1n) is 5.68. The van der Waals surface area contributed by atoms with Crippen LogP contribution in [-0.4, -0.2) is 26.7 Å². The molecule has 1 heterocycles. The molecule has 0 aromatic heterocycles. The van der Waals surface area contributed by atoms with Gasteiger partial charge in [0, 0.05) is 24.9 Å². The molecule has 18 heavy (non-hydrogen) atoms. The van der Waals surface area contributed by atoms with Gasteiger partial charge in [-0.05, 0) is 12.1 Å². The molecule has 94 valence electrons. The van der Waals surface area contributed by atoms with Crippen LogP contribution in [0.4, 0.5) is 5.69 Å². The molecule has 1 saturated heterocycles. The minimum atomic E-state index is -0.0339. The van der Waals surface area contributed by atoms with Crippen molar-refractivity contribution in [2.75, 3.05) is 25.7 Å². The van der Waals surface area contributed by atoms with E-state index in [0.717, 1.165) is 0 Å². The minimum Gasteiger partial charge on any atom is -0.497 e. The van der Waals surface area contributed by atoms with Crippen LogP contribution < -0.4 is 14.4 Å². The number of carbonyl (C=O) groups excluding carboxylic acids is 1. The van der Waals surface area contributed by atoms with Gasteiger partial charge >= 0.3 is 0 Å². The first-order valence-corrected chi connectivity index (χ1v) is 5.68. The molecule has 2 rings (SSSR count). The normalized spacial score (nSPS) is 18.6. The van der Waals surface area contributed by atoms with Crippen LogP contribution in [0.1, 0.15) is 6.42 Å². The van der Waals surface area contributed by atoms with Crippen LogP contribution in [0.3, 0.4) is 0 Å². The second kappa shape index (κ2) is 5.01. The molecular formula is C14H15NO3. The number of ether oxygens (including phenoxy) is 2. The van der Waals surface area contributed by atoms with Crippen LogP contribution in [0.2, 0.25) is 0 Å². The largest absolute Gasteiger partial charge is 0.497 e. The second-order valence-corrected chi connectivity index (χ2v) is 4.11. The summed E-state index contributed by atoms with van der Waals surface area (Å²) in [5, 5.41) is 0. The Morgan fingerprint density at radius 1 is 1.39 bits per heavy atom. The maximum Gasteiger partial charge on any atom is 0.228 e.